The molecule has 6 heteroatoms. The maximum atomic E-state index is 5.48. The lowest BCUT2D eigenvalue weighted by Gasteiger charge is -2.27. The molecular formula is C14H20N4OS. The van der Waals surface area contributed by atoms with Crippen molar-refractivity contribution in [1.29, 1.82) is 0 Å². The molecule has 0 amide bonds. The number of nitrogens with one attached hydrogen (secondary N) is 1. The first-order valence-corrected chi connectivity index (χ1v) is 7.57. The summed E-state index contributed by atoms with van der Waals surface area (Å²) in [4.78, 5) is 11.7. The van der Waals surface area contributed by atoms with Gasteiger partial charge in [0.15, 0.2) is 10.4 Å². The summed E-state index contributed by atoms with van der Waals surface area (Å²) >= 11 is 5.48. The Morgan fingerprint density at radius 2 is 2.15 bits per heavy atom. The lowest BCUT2D eigenvalue weighted by atomic mass is 9.83. The van der Waals surface area contributed by atoms with Gasteiger partial charge in [0.25, 0.3) is 0 Å². The van der Waals surface area contributed by atoms with Gasteiger partial charge >= 0.3 is 0 Å². The molecule has 0 aliphatic heterocycles. The molecule has 0 spiro atoms. The van der Waals surface area contributed by atoms with Crippen molar-refractivity contribution >= 4 is 23.4 Å². The zero-order valence-electron chi connectivity index (χ0n) is 12.0. The van der Waals surface area contributed by atoms with Crippen molar-refractivity contribution in [3.63, 3.8) is 0 Å². The van der Waals surface area contributed by atoms with Gasteiger partial charge in [-0.05, 0) is 36.9 Å². The molecule has 20 heavy (non-hydrogen) atoms. The summed E-state index contributed by atoms with van der Waals surface area (Å²) in [5, 5.41) is 0. The average molecular weight is 292 g/mol. The molecule has 0 radical (unpaired) electrons. The average Bonchev–Trinajstić information content (AvgIpc) is 3.05. The van der Waals surface area contributed by atoms with E-state index in [0.717, 1.165) is 17.7 Å². The van der Waals surface area contributed by atoms with E-state index in [2.05, 4.69) is 26.4 Å². The van der Waals surface area contributed by atoms with Gasteiger partial charge < -0.3 is 14.3 Å². The Labute approximate surface area is 123 Å². The maximum absolute atomic E-state index is 5.48. The Balaban J connectivity index is 2.08. The van der Waals surface area contributed by atoms with Crippen LogP contribution in [0.2, 0.25) is 0 Å². The van der Waals surface area contributed by atoms with Crippen LogP contribution in [0, 0.1) is 10.2 Å². The smallest absolute Gasteiger partial charge is 0.242 e. The Hall–Kier alpha value is -1.43. The summed E-state index contributed by atoms with van der Waals surface area (Å²) in [5.74, 6) is 0.553. The highest BCUT2D eigenvalue weighted by molar-refractivity contribution is 7.71. The number of aromatic nitrogens is 4. The number of hydrogen-bond acceptors (Lipinski definition) is 4. The summed E-state index contributed by atoms with van der Waals surface area (Å²) < 4.78 is 8.10. The molecule has 1 saturated carbocycles. The Kier molecular flexibility index (Phi) is 3.50. The van der Waals surface area contributed by atoms with Crippen LogP contribution >= 0.6 is 12.2 Å². The molecule has 1 aliphatic carbocycles. The topological polar surface area (TPSA) is 55.7 Å². The quantitative estimate of drug-likeness (QED) is 0.877. The van der Waals surface area contributed by atoms with Crippen LogP contribution in [0.4, 0.5) is 0 Å². The number of imidazole rings is 1. The second kappa shape index (κ2) is 5.16. The molecule has 1 N–H and O–H groups in total. The maximum Gasteiger partial charge on any atom is 0.242 e. The second-order valence-corrected chi connectivity index (χ2v) is 6.05. The third kappa shape index (κ3) is 2.12. The van der Waals surface area contributed by atoms with Crippen LogP contribution in [0.3, 0.4) is 0 Å². The third-order valence-electron chi connectivity index (χ3n) is 4.63. The number of hydrogen-bond donors (Lipinski definition) is 1. The number of fused-ring (bicyclic) bond motifs is 1. The highest BCUT2D eigenvalue weighted by Gasteiger charge is 2.33. The fourth-order valence-corrected chi connectivity index (χ4v) is 3.58. The van der Waals surface area contributed by atoms with Crippen molar-refractivity contribution < 1.29 is 4.74 Å². The van der Waals surface area contributed by atoms with E-state index in [1.165, 1.54) is 38.4 Å². The van der Waals surface area contributed by atoms with Gasteiger partial charge in [-0.1, -0.05) is 19.8 Å². The molecule has 3 rings (SSSR count). The van der Waals surface area contributed by atoms with E-state index in [1.54, 1.807) is 7.11 Å². The van der Waals surface area contributed by atoms with Crippen LogP contribution in [-0.4, -0.2) is 26.6 Å². The van der Waals surface area contributed by atoms with Crippen molar-refractivity contribution in [2.75, 3.05) is 7.11 Å². The van der Waals surface area contributed by atoms with Crippen LogP contribution in [0.1, 0.15) is 39.0 Å². The Bertz CT molecular complexity index is 669. The van der Waals surface area contributed by atoms with Crippen molar-refractivity contribution in [2.45, 2.75) is 45.6 Å². The number of methoxy groups -OCH3 is 1. The highest BCUT2D eigenvalue weighted by Crippen LogP contribution is 2.42. The van der Waals surface area contributed by atoms with Gasteiger partial charge in [-0.25, -0.2) is 4.98 Å². The van der Waals surface area contributed by atoms with Crippen molar-refractivity contribution in [2.24, 2.45) is 5.41 Å². The van der Waals surface area contributed by atoms with Gasteiger partial charge in [0.2, 0.25) is 5.88 Å². The summed E-state index contributed by atoms with van der Waals surface area (Å²) in [6.07, 6.45) is 7.92. The van der Waals surface area contributed by atoms with E-state index < -0.39 is 0 Å². The Morgan fingerprint density at radius 1 is 1.40 bits per heavy atom. The predicted octanol–water partition coefficient (Wildman–Crippen LogP) is 3.47. The van der Waals surface area contributed by atoms with E-state index in [1.807, 2.05) is 0 Å². The molecule has 1 aliphatic rings. The SMILES string of the molecule is CCC1(Cn2c(=S)[nH]c3c(OC)ncnc32)CCCC1. The molecule has 0 unspecified atom stereocenters. The van der Waals surface area contributed by atoms with Crippen LogP contribution in [0.15, 0.2) is 6.33 Å². The Morgan fingerprint density at radius 3 is 2.80 bits per heavy atom. The van der Waals surface area contributed by atoms with Crippen molar-refractivity contribution in [3.8, 4) is 5.88 Å². The van der Waals surface area contributed by atoms with Crippen LogP contribution in [0.5, 0.6) is 5.88 Å². The highest BCUT2D eigenvalue weighted by atomic mass is 32.1. The first kappa shape index (κ1) is 13.5. The number of H-pyrrole nitrogens is 1. The largest absolute Gasteiger partial charge is 0.479 e. The minimum Gasteiger partial charge on any atom is -0.479 e. The molecule has 2 aromatic rings. The van der Waals surface area contributed by atoms with Crippen molar-refractivity contribution in [3.05, 3.63) is 11.1 Å². The normalized spacial score (nSPS) is 17.7. The van der Waals surface area contributed by atoms with Gasteiger partial charge in [0.05, 0.1) is 7.11 Å². The molecular weight excluding hydrogens is 272 g/mol. The fraction of sp³-hybridized carbons (Fsp3) is 0.643. The van der Waals surface area contributed by atoms with Gasteiger partial charge in [-0.2, -0.15) is 4.98 Å². The monoisotopic (exact) mass is 292 g/mol. The van der Waals surface area contributed by atoms with Crippen molar-refractivity contribution in [1.82, 2.24) is 19.5 Å². The summed E-state index contributed by atoms with van der Waals surface area (Å²) in [6.45, 7) is 3.21. The predicted molar refractivity (Wildman–Crippen MR) is 80.5 cm³/mol. The molecule has 5 nitrogen and oxygen atoms in total. The van der Waals surface area contributed by atoms with Gasteiger partial charge in [-0.3, -0.25) is 0 Å². The van der Waals surface area contributed by atoms with Crippen LogP contribution < -0.4 is 4.74 Å². The van der Waals surface area contributed by atoms with Crippen LogP contribution in [-0.2, 0) is 6.54 Å². The first-order valence-electron chi connectivity index (χ1n) is 7.16. The molecule has 2 heterocycles. The minimum absolute atomic E-state index is 0.367. The summed E-state index contributed by atoms with van der Waals surface area (Å²) in [7, 11) is 1.61. The number of nitrogens with zero attached hydrogens (tertiary/aromatic N) is 3. The lowest BCUT2D eigenvalue weighted by molar-refractivity contribution is 0.239. The second-order valence-electron chi connectivity index (χ2n) is 5.66. The molecule has 0 aromatic carbocycles. The number of aromatic amines is 1. The molecule has 0 atom stereocenters. The van der Waals surface area contributed by atoms with E-state index in [9.17, 15) is 0 Å². The van der Waals surface area contributed by atoms with E-state index in [0.29, 0.717) is 16.1 Å². The summed E-state index contributed by atoms with van der Waals surface area (Å²) in [6, 6.07) is 0. The molecule has 108 valence electrons. The van der Waals surface area contributed by atoms with Gasteiger partial charge in [0, 0.05) is 6.54 Å². The number of ether oxygens (including phenoxy) is 1. The molecule has 2 aromatic heterocycles. The minimum atomic E-state index is 0.367. The zero-order valence-corrected chi connectivity index (χ0v) is 12.8. The number of rotatable bonds is 4. The molecule has 1 fully saturated rings. The molecule has 0 saturated heterocycles. The van der Waals surface area contributed by atoms with E-state index in [4.69, 9.17) is 17.0 Å². The van der Waals surface area contributed by atoms with Gasteiger partial charge in [-0.15, -0.1) is 0 Å². The third-order valence-corrected chi connectivity index (χ3v) is 4.95. The first-order chi connectivity index (χ1) is 9.69. The fourth-order valence-electron chi connectivity index (χ4n) is 3.33. The molecule has 0 bridgehead atoms. The lowest BCUT2D eigenvalue weighted by Crippen LogP contribution is -2.23. The summed E-state index contributed by atoms with van der Waals surface area (Å²) in [5.41, 5.74) is 2.01. The zero-order chi connectivity index (χ0) is 14.2. The van der Waals surface area contributed by atoms with Crippen LogP contribution in [0.25, 0.3) is 11.2 Å². The van der Waals surface area contributed by atoms with E-state index >= 15 is 0 Å². The standard InChI is InChI=1S/C14H20N4OS/c1-3-14(6-4-5-7-14)8-18-11-10(17-13(18)20)12(19-2)16-9-15-11/h9H,3-8H2,1-2H3,(H,17,20). The van der Waals surface area contributed by atoms with E-state index in [-0.39, 0.29) is 0 Å². The van der Waals surface area contributed by atoms with Gasteiger partial charge in [0.1, 0.15) is 11.8 Å².